The standard InChI is InChI=1S/C21H23ClF2N5O3.ClH/c1-2-27-8-12-10-28(11-13(12)9-27)19(30)18(16-5-6-29(26-16)21(25)31)15-7-14(22)3-4-17(15)32-20(23)24;/h3-4,6-7,12-13,18,20H,2,8-11H2,1H3,(H2,25,31);1H. The Bertz CT molecular complexity index is 1010. The van der Waals surface area contributed by atoms with Crippen molar-refractivity contribution >= 4 is 35.9 Å². The monoisotopic (exact) mass is 502 g/mol. The molecule has 2 fully saturated rings. The summed E-state index contributed by atoms with van der Waals surface area (Å²) in [7, 11) is 0. The number of fused-ring (bicyclic) bond motifs is 1. The number of carbonyl (C=O) groups is 2. The number of rotatable bonds is 6. The summed E-state index contributed by atoms with van der Waals surface area (Å²) in [6.45, 7) is 2.90. The van der Waals surface area contributed by atoms with E-state index in [9.17, 15) is 18.4 Å². The zero-order valence-corrected chi connectivity index (χ0v) is 19.4. The molecule has 1 aromatic heterocycles. The van der Waals surface area contributed by atoms with E-state index < -0.39 is 18.6 Å². The second-order valence-corrected chi connectivity index (χ2v) is 8.49. The SMILES string of the molecule is CCN1CC2CN(C(=O)C(c3[c]cn(C(N)=O)n3)c3cc(Cl)ccc3OC(F)F)CC2C1.Cl. The van der Waals surface area contributed by atoms with Crippen molar-refractivity contribution in [3.05, 3.63) is 46.7 Å². The molecule has 33 heavy (non-hydrogen) atoms. The average Bonchev–Trinajstić information content (AvgIpc) is 3.44. The molecule has 4 rings (SSSR count). The normalized spacial score (nSPS) is 21.1. The van der Waals surface area contributed by atoms with Crippen LogP contribution in [0.5, 0.6) is 5.75 Å². The number of ether oxygens (including phenoxy) is 1. The number of likely N-dealkylation sites (tertiary alicyclic amines) is 2. The summed E-state index contributed by atoms with van der Waals surface area (Å²) in [6.07, 6.45) is 1.20. The number of hydrogen-bond acceptors (Lipinski definition) is 5. The number of halogens is 4. The van der Waals surface area contributed by atoms with Crippen molar-refractivity contribution < 1.29 is 23.1 Å². The van der Waals surface area contributed by atoms with Crippen LogP contribution >= 0.6 is 24.0 Å². The molecule has 3 unspecified atom stereocenters. The van der Waals surface area contributed by atoms with Crippen LogP contribution in [-0.2, 0) is 4.79 Å². The number of benzene rings is 1. The molecule has 0 aliphatic carbocycles. The fourth-order valence-electron chi connectivity index (χ4n) is 4.61. The Morgan fingerprint density at radius 2 is 1.94 bits per heavy atom. The van der Waals surface area contributed by atoms with Crippen molar-refractivity contribution in [2.75, 3.05) is 32.7 Å². The third-order valence-corrected chi connectivity index (χ3v) is 6.35. The minimum absolute atomic E-state index is 0. The third kappa shape index (κ3) is 5.23. The molecular formula is C21H24Cl2F2N5O3. The second-order valence-electron chi connectivity index (χ2n) is 8.05. The van der Waals surface area contributed by atoms with Crippen molar-refractivity contribution in [2.24, 2.45) is 17.6 Å². The van der Waals surface area contributed by atoms with E-state index in [1.54, 1.807) is 4.90 Å². The zero-order chi connectivity index (χ0) is 23.0. The topological polar surface area (TPSA) is 93.7 Å². The third-order valence-electron chi connectivity index (χ3n) is 6.12. The maximum Gasteiger partial charge on any atom is 0.387 e. The molecule has 12 heteroatoms. The van der Waals surface area contributed by atoms with E-state index in [2.05, 4.69) is 27.7 Å². The summed E-state index contributed by atoms with van der Waals surface area (Å²) in [5.41, 5.74) is 5.47. The molecule has 0 bridgehead atoms. The molecule has 2 aliphatic heterocycles. The molecule has 2 saturated heterocycles. The Morgan fingerprint density at radius 1 is 1.27 bits per heavy atom. The lowest BCUT2D eigenvalue weighted by Crippen LogP contribution is -2.37. The van der Waals surface area contributed by atoms with E-state index >= 15 is 0 Å². The fourth-order valence-corrected chi connectivity index (χ4v) is 4.79. The number of carbonyl (C=O) groups excluding carboxylic acids is 2. The first kappa shape index (κ1) is 25.2. The largest absolute Gasteiger partial charge is 0.435 e. The number of hydrogen-bond donors (Lipinski definition) is 1. The van der Waals surface area contributed by atoms with Crippen molar-refractivity contribution in [2.45, 2.75) is 19.5 Å². The smallest absolute Gasteiger partial charge is 0.387 e. The van der Waals surface area contributed by atoms with Gasteiger partial charge in [0.25, 0.3) is 0 Å². The zero-order valence-electron chi connectivity index (χ0n) is 17.8. The van der Waals surface area contributed by atoms with Gasteiger partial charge in [-0.3, -0.25) is 4.79 Å². The summed E-state index contributed by atoms with van der Waals surface area (Å²) >= 11 is 6.13. The first-order valence-corrected chi connectivity index (χ1v) is 10.7. The first-order valence-electron chi connectivity index (χ1n) is 10.3. The van der Waals surface area contributed by atoms with Gasteiger partial charge in [-0.05, 0) is 36.6 Å². The van der Waals surface area contributed by atoms with Gasteiger partial charge in [0.05, 0.1) is 5.69 Å². The summed E-state index contributed by atoms with van der Waals surface area (Å²) in [5, 5.41) is 4.31. The van der Waals surface area contributed by atoms with Crippen LogP contribution in [0, 0.1) is 17.9 Å². The number of primary amides is 1. The number of alkyl halides is 2. The van der Waals surface area contributed by atoms with Gasteiger partial charge < -0.3 is 20.3 Å². The van der Waals surface area contributed by atoms with Gasteiger partial charge in [-0.1, -0.05) is 18.5 Å². The minimum atomic E-state index is -3.09. The molecule has 2 amide bonds. The van der Waals surface area contributed by atoms with Gasteiger partial charge in [0.15, 0.2) is 0 Å². The molecule has 2 aromatic rings. The molecule has 8 nitrogen and oxygen atoms in total. The predicted molar refractivity (Wildman–Crippen MR) is 119 cm³/mol. The molecule has 2 aliphatic rings. The molecule has 1 aromatic carbocycles. The van der Waals surface area contributed by atoms with Crippen LogP contribution in [0.1, 0.15) is 24.1 Å². The highest BCUT2D eigenvalue weighted by Gasteiger charge is 2.43. The van der Waals surface area contributed by atoms with Crippen LogP contribution in [-0.4, -0.2) is 70.9 Å². The van der Waals surface area contributed by atoms with E-state index in [-0.39, 0.29) is 40.3 Å². The van der Waals surface area contributed by atoms with Gasteiger partial charge in [-0.2, -0.15) is 18.6 Å². The highest BCUT2D eigenvalue weighted by atomic mass is 35.5. The van der Waals surface area contributed by atoms with E-state index in [0.717, 1.165) is 24.3 Å². The van der Waals surface area contributed by atoms with Crippen LogP contribution in [0.4, 0.5) is 13.6 Å². The Kier molecular flexibility index (Phi) is 7.81. The molecule has 0 saturated carbocycles. The van der Waals surface area contributed by atoms with E-state index in [0.29, 0.717) is 24.9 Å². The summed E-state index contributed by atoms with van der Waals surface area (Å²) in [5.74, 6) is -0.967. The summed E-state index contributed by atoms with van der Waals surface area (Å²) in [6, 6.07) is 5.99. The van der Waals surface area contributed by atoms with E-state index in [4.69, 9.17) is 17.3 Å². The highest BCUT2D eigenvalue weighted by molar-refractivity contribution is 6.30. The second kappa shape index (κ2) is 10.2. The van der Waals surface area contributed by atoms with Crippen molar-refractivity contribution in [3.63, 3.8) is 0 Å². The van der Waals surface area contributed by atoms with Gasteiger partial charge in [0.2, 0.25) is 5.91 Å². The lowest BCUT2D eigenvalue weighted by molar-refractivity contribution is -0.131. The van der Waals surface area contributed by atoms with Gasteiger partial charge in [-0.25, -0.2) is 4.79 Å². The summed E-state index contributed by atoms with van der Waals surface area (Å²) in [4.78, 5) is 29.3. The predicted octanol–water partition coefficient (Wildman–Crippen LogP) is 2.83. The van der Waals surface area contributed by atoms with Crippen LogP contribution in [0.2, 0.25) is 5.02 Å². The highest BCUT2D eigenvalue weighted by Crippen LogP contribution is 2.38. The van der Waals surface area contributed by atoms with Gasteiger partial charge in [-0.15, -0.1) is 12.4 Å². The number of aromatic nitrogens is 2. The lowest BCUT2D eigenvalue weighted by Gasteiger charge is -2.26. The van der Waals surface area contributed by atoms with Gasteiger partial charge in [0, 0.05) is 49.0 Å². The molecule has 0 spiro atoms. The Labute approximate surface area is 201 Å². The van der Waals surface area contributed by atoms with Crippen LogP contribution in [0.3, 0.4) is 0 Å². The Balaban J connectivity index is 0.00000306. The molecular weight excluding hydrogens is 479 g/mol. The molecule has 3 atom stereocenters. The number of nitrogens with zero attached hydrogens (tertiary/aromatic N) is 4. The number of amides is 2. The van der Waals surface area contributed by atoms with Crippen LogP contribution in [0.25, 0.3) is 0 Å². The van der Waals surface area contributed by atoms with Crippen molar-refractivity contribution in [3.8, 4) is 5.75 Å². The average molecular weight is 503 g/mol. The fraction of sp³-hybridized carbons (Fsp3) is 0.476. The van der Waals surface area contributed by atoms with Gasteiger partial charge in [0.1, 0.15) is 11.7 Å². The molecule has 3 heterocycles. The van der Waals surface area contributed by atoms with Crippen molar-refractivity contribution in [1.82, 2.24) is 19.6 Å². The molecule has 1 radical (unpaired) electrons. The molecule has 179 valence electrons. The van der Waals surface area contributed by atoms with Gasteiger partial charge >= 0.3 is 12.6 Å². The number of nitrogens with two attached hydrogens (primary N) is 1. The molecule has 2 N–H and O–H groups in total. The maximum absolute atomic E-state index is 13.7. The lowest BCUT2D eigenvalue weighted by atomic mass is 9.93. The summed E-state index contributed by atoms with van der Waals surface area (Å²) < 4.78 is 31.6. The van der Waals surface area contributed by atoms with Crippen LogP contribution in [0.15, 0.2) is 24.4 Å². The maximum atomic E-state index is 13.7. The quantitative estimate of drug-likeness (QED) is 0.655. The Morgan fingerprint density at radius 3 is 2.48 bits per heavy atom. The first-order chi connectivity index (χ1) is 15.3. The Hall–Kier alpha value is -2.43. The van der Waals surface area contributed by atoms with Crippen LogP contribution < -0.4 is 10.5 Å². The van der Waals surface area contributed by atoms with E-state index in [1.807, 2.05) is 0 Å². The minimum Gasteiger partial charge on any atom is -0.435 e. The van der Waals surface area contributed by atoms with E-state index in [1.165, 1.54) is 24.4 Å². The van der Waals surface area contributed by atoms with Crippen molar-refractivity contribution in [1.29, 1.82) is 0 Å².